The average molecular weight is 294 g/mol. The molecule has 110 valence electrons. The number of carbonyl (C=O) groups excluding carboxylic acids is 1. The third kappa shape index (κ3) is 2.98. The van der Waals surface area contributed by atoms with Gasteiger partial charge in [0, 0.05) is 18.0 Å². The normalized spacial score (nSPS) is 11.9. The maximum atomic E-state index is 12.3. The Morgan fingerprint density at radius 3 is 2.50 bits per heavy atom. The number of rotatable bonds is 4. The van der Waals surface area contributed by atoms with Crippen LogP contribution in [0.15, 0.2) is 55.1 Å². The van der Waals surface area contributed by atoms with Crippen molar-refractivity contribution in [3.63, 3.8) is 0 Å². The Balaban J connectivity index is 1.70. The molecule has 0 radical (unpaired) electrons. The Kier molecular flexibility index (Phi) is 3.86. The first kappa shape index (κ1) is 13.9. The topological polar surface area (TPSA) is 85.6 Å². The van der Waals surface area contributed by atoms with Crippen LogP contribution in [0.3, 0.4) is 0 Å². The molecule has 0 bridgehead atoms. The predicted molar refractivity (Wildman–Crippen MR) is 79.3 cm³/mol. The van der Waals surface area contributed by atoms with Crippen LogP contribution in [0, 0.1) is 0 Å². The molecule has 3 aromatic rings. The van der Waals surface area contributed by atoms with E-state index in [1.165, 1.54) is 11.0 Å². The summed E-state index contributed by atoms with van der Waals surface area (Å²) in [6.45, 7) is 1.93. The van der Waals surface area contributed by atoms with E-state index in [0.29, 0.717) is 5.56 Å². The molecular weight excluding hydrogens is 280 g/mol. The lowest BCUT2D eigenvalue weighted by Gasteiger charge is -2.14. The van der Waals surface area contributed by atoms with Gasteiger partial charge in [-0.1, -0.05) is 0 Å². The summed E-state index contributed by atoms with van der Waals surface area (Å²) < 4.78 is 1.53. The van der Waals surface area contributed by atoms with Crippen LogP contribution < -0.4 is 5.32 Å². The number of amides is 1. The Labute approximate surface area is 127 Å². The molecule has 1 N–H and O–H groups in total. The minimum absolute atomic E-state index is 0.0882. The zero-order valence-electron chi connectivity index (χ0n) is 11.9. The van der Waals surface area contributed by atoms with Crippen molar-refractivity contribution in [2.24, 2.45) is 0 Å². The largest absolute Gasteiger partial charge is 0.346 e. The van der Waals surface area contributed by atoms with Gasteiger partial charge < -0.3 is 5.32 Å². The van der Waals surface area contributed by atoms with Gasteiger partial charge in [-0.2, -0.15) is 0 Å². The van der Waals surface area contributed by atoms with E-state index >= 15 is 0 Å². The van der Waals surface area contributed by atoms with Gasteiger partial charge in [-0.3, -0.25) is 9.78 Å². The third-order valence-corrected chi connectivity index (χ3v) is 3.30. The van der Waals surface area contributed by atoms with E-state index in [0.717, 1.165) is 11.3 Å². The lowest BCUT2D eigenvalue weighted by Crippen LogP contribution is -2.26. The summed E-state index contributed by atoms with van der Waals surface area (Å²) in [4.78, 5) is 16.2. The molecular formula is C15H14N6O. The van der Waals surface area contributed by atoms with E-state index in [-0.39, 0.29) is 11.9 Å². The van der Waals surface area contributed by atoms with Gasteiger partial charge >= 0.3 is 0 Å². The Morgan fingerprint density at radius 2 is 1.86 bits per heavy atom. The van der Waals surface area contributed by atoms with Gasteiger partial charge in [-0.25, -0.2) is 4.68 Å². The first-order valence-corrected chi connectivity index (χ1v) is 6.78. The SMILES string of the molecule is CC(NC(=O)c1ccc(-n2cnnn2)cc1)c1ccncc1. The molecule has 1 atom stereocenters. The van der Waals surface area contributed by atoms with E-state index in [1.54, 1.807) is 36.7 Å². The van der Waals surface area contributed by atoms with Crippen LogP contribution in [0.25, 0.3) is 5.69 Å². The maximum Gasteiger partial charge on any atom is 0.251 e. The Hall–Kier alpha value is -3.09. The van der Waals surface area contributed by atoms with E-state index < -0.39 is 0 Å². The molecule has 7 heteroatoms. The Morgan fingerprint density at radius 1 is 1.14 bits per heavy atom. The van der Waals surface area contributed by atoms with E-state index in [4.69, 9.17) is 0 Å². The van der Waals surface area contributed by atoms with E-state index in [9.17, 15) is 4.79 Å². The number of carbonyl (C=O) groups is 1. The molecule has 2 aromatic heterocycles. The minimum Gasteiger partial charge on any atom is -0.346 e. The van der Waals surface area contributed by atoms with Gasteiger partial charge in [0.25, 0.3) is 5.91 Å². The molecule has 0 fully saturated rings. The number of aromatic nitrogens is 5. The molecule has 7 nitrogen and oxygen atoms in total. The second-order valence-electron chi connectivity index (χ2n) is 4.78. The molecule has 0 spiro atoms. The van der Waals surface area contributed by atoms with Crippen LogP contribution in [-0.2, 0) is 0 Å². The van der Waals surface area contributed by atoms with Gasteiger partial charge in [0.1, 0.15) is 6.33 Å². The van der Waals surface area contributed by atoms with Crippen molar-refractivity contribution in [2.75, 3.05) is 0 Å². The number of pyridine rings is 1. The number of benzene rings is 1. The van der Waals surface area contributed by atoms with Crippen molar-refractivity contribution in [3.05, 3.63) is 66.2 Å². The van der Waals surface area contributed by atoms with Crippen LogP contribution >= 0.6 is 0 Å². The molecule has 22 heavy (non-hydrogen) atoms. The van der Waals surface area contributed by atoms with Crippen LogP contribution in [-0.4, -0.2) is 31.1 Å². The van der Waals surface area contributed by atoms with Crippen LogP contribution in [0.5, 0.6) is 0 Å². The number of tetrazole rings is 1. The summed E-state index contributed by atoms with van der Waals surface area (Å²) in [5, 5.41) is 13.9. The maximum absolute atomic E-state index is 12.3. The monoisotopic (exact) mass is 294 g/mol. The zero-order valence-corrected chi connectivity index (χ0v) is 11.9. The summed E-state index contributed by atoms with van der Waals surface area (Å²) >= 11 is 0. The van der Waals surface area contributed by atoms with Crippen molar-refractivity contribution in [1.82, 2.24) is 30.5 Å². The standard InChI is InChI=1S/C15H14N6O/c1-11(12-6-8-16-9-7-12)18-15(22)13-2-4-14(5-3-13)21-10-17-19-20-21/h2-11H,1H3,(H,18,22). The van der Waals surface area contributed by atoms with Crippen molar-refractivity contribution < 1.29 is 4.79 Å². The van der Waals surface area contributed by atoms with Gasteiger partial charge in [0.15, 0.2) is 0 Å². The zero-order chi connectivity index (χ0) is 15.4. The van der Waals surface area contributed by atoms with Crippen molar-refractivity contribution in [3.8, 4) is 5.69 Å². The fraction of sp³-hybridized carbons (Fsp3) is 0.133. The quantitative estimate of drug-likeness (QED) is 0.789. The first-order chi connectivity index (χ1) is 10.7. The lowest BCUT2D eigenvalue weighted by atomic mass is 10.1. The molecule has 0 aliphatic rings. The predicted octanol–water partition coefficient (Wildman–Crippen LogP) is 1.55. The molecule has 1 unspecified atom stereocenters. The number of nitrogens with one attached hydrogen (secondary N) is 1. The molecule has 1 aromatic carbocycles. The van der Waals surface area contributed by atoms with E-state index in [2.05, 4.69) is 25.8 Å². The number of hydrogen-bond acceptors (Lipinski definition) is 5. The highest BCUT2D eigenvalue weighted by Crippen LogP contribution is 2.13. The highest BCUT2D eigenvalue weighted by atomic mass is 16.1. The van der Waals surface area contributed by atoms with Gasteiger partial charge in [0.05, 0.1) is 11.7 Å². The van der Waals surface area contributed by atoms with Crippen LogP contribution in [0.1, 0.15) is 28.9 Å². The van der Waals surface area contributed by atoms with Crippen LogP contribution in [0.2, 0.25) is 0 Å². The van der Waals surface area contributed by atoms with Gasteiger partial charge in [-0.05, 0) is 59.3 Å². The van der Waals surface area contributed by atoms with Crippen LogP contribution in [0.4, 0.5) is 0 Å². The first-order valence-electron chi connectivity index (χ1n) is 6.78. The fourth-order valence-corrected chi connectivity index (χ4v) is 2.06. The summed E-state index contributed by atoms with van der Waals surface area (Å²) in [5.41, 5.74) is 2.38. The van der Waals surface area contributed by atoms with E-state index in [1.807, 2.05) is 19.1 Å². The highest BCUT2D eigenvalue weighted by molar-refractivity contribution is 5.94. The van der Waals surface area contributed by atoms with Gasteiger partial charge in [0.2, 0.25) is 0 Å². The van der Waals surface area contributed by atoms with Gasteiger partial charge in [-0.15, -0.1) is 5.10 Å². The van der Waals surface area contributed by atoms with Crippen molar-refractivity contribution in [1.29, 1.82) is 0 Å². The smallest absolute Gasteiger partial charge is 0.251 e. The molecule has 0 saturated heterocycles. The number of hydrogen-bond donors (Lipinski definition) is 1. The molecule has 0 aliphatic heterocycles. The number of nitrogens with zero attached hydrogens (tertiary/aromatic N) is 5. The minimum atomic E-state index is -0.132. The summed E-state index contributed by atoms with van der Waals surface area (Å²) in [5.74, 6) is -0.132. The van der Waals surface area contributed by atoms with Crippen molar-refractivity contribution >= 4 is 5.91 Å². The molecule has 3 rings (SSSR count). The second-order valence-corrected chi connectivity index (χ2v) is 4.78. The second kappa shape index (κ2) is 6.13. The highest BCUT2D eigenvalue weighted by Gasteiger charge is 2.11. The molecule has 1 amide bonds. The average Bonchev–Trinajstić information content (AvgIpc) is 3.10. The molecule has 0 saturated carbocycles. The fourth-order valence-electron chi connectivity index (χ4n) is 2.06. The Bertz CT molecular complexity index is 739. The molecule has 2 heterocycles. The molecule has 0 aliphatic carbocycles. The summed E-state index contributed by atoms with van der Waals surface area (Å²) in [6.07, 6.45) is 4.92. The summed E-state index contributed by atoms with van der Waals surface area (Å²) in [7, 11) is 0. The third-order valence-electron chi connectivity index (χ3n) is 3.30. The van der Waals surface area contributed by atoms with Crippen molar-refractivity contribution in [2.45, 2.75) is 13.0 Å². The lowest BCUT2D eigenvalue weighted by molar-refractivity contribution is 0.0940. The summed E-state index contributed by atoms with van der Waals surface area (Å²) in [6, 6.07) is 10.7.